The smallest absolute Gasteiger partial charge is 0.265 e. The molecule has 0 aliphatic carbocycles. The molecule has 2 N–H and O–H groups in total. The second-order valence-corrected chi connectivity index (χ2v) is 7.14. The number of carbonyl (C=O) groups is 2. The number of hydrogen-bond donors (Lipinski definition) is 2. The largest absolute Gasteiger partial charge is 0.349 e. The second kappa shape index (κ2) is 8.27. The van der Waals surface area contributed by atoms with Crippen LogP contribution in [0.25, 0.3) is 0 Å². The minimum atomic E-state index is -0.130. The molecule has 25 heavy (non-hydrogen) atoms. The number of nitrogens with one attached hydrogen (secondary N) is 2. The van der Waals surface area contributed by atoms with Crippen LogP contribution in [0.1, 0.15) is 39.8 Å². The molecule has 2 heterocycles. The van der Waals surface area contributed by atoms with Crippen molar-refractivity contribution in [3.63, 3.8) is 0 Å². The maximum Gasteiger partial charge on any atom is 0.265 e. The van der Waals surface area contributed by atoms with Crippen LogP contribution in [0.5, 0.6) is 0 Å². The van der Waals surface area contributed by atoms with Crippen molar-refractivity contribution in [1.82, 2.24) is 10.2 Å². The van der Waals surface area contributed by atoms with E-state index in [1.54, 1.807) is 30.3 Å². The minimum Gasteiger partial charge on any atom is -0.349 e. The average molecular weight is 357 g/mol. The SMILES string of the molecule is CCN1CCC(NC(=O)c2ccc(NC(=O)c3cccs3)cc2)CC1. The Bertz CT molecular complexity index is 705. The number of amides is 2. The lowest BCUT2D eigenvalue weighted by atomic mass is 10.0. The summed E-state index contributed by atoms with van der Waals surface area (Å²) in [5.41, 5.74) is 1.30. The van der Waals surface area contributed by atoms with Crippen molar-refractivity contribution in [1.29, 1.82) is 0 Å². The number of anilines is 1. The molecule has 1 saturated heterocycles. The van der Waals surface area contributed by atoms with Gasteiger partial charge in [-0.05, 0) is 55.1 Å². The van der Waals surface area contributed by atoms with Crippen LogP contribution in [0.15, 0.2) is 41.8 Å². The van der Waals surface area contributed by atoms with E-state index in [-0.39, 0.29) is 17.9 Å². The Morgan fingerprint density at radius 2 is 1.84 bits per heavy atom. The minimum absolute atomic E-state index is 0.0499. The number of carbonyl (C=O) groups excluding carboxylic acids is 2. The number of rotatable bonds is 5. The predicted octanol–water partition coefficient (Wildman–Crippen LogP) is 3.21. The normalized spacial score (nSPS) is 15.7. The fraction of sp³-hybridized carbons (Fsp3) is 0.368. The van der Waals surface area contributed by atoms with Gasteiger partial charge in [-0.3, -0.25) is 9.59 Å². The number of hydrogen-bond acceptors (Lipinski definition) is 4. The second-order valence-electron chi connectivity index (χ2n) is 6.19. The number of nitrogens with zero attached hydrogens (tertiary/aromatic N) is 1. The number of piperidine rings is 1. The van der Waals surface area contributed by atoms with Crippen molar-refractivity contribution in [3.05, 3.63) is 52.2 Å². The summed E-state index contributed by atoms with van der Waals surface area (Å²) >= 11 is 1.40. The molecule has 0 atom stereocenters. The zero-order chi connectivity index (χ0) is 17.6. The lowest BCUT2D eigenvalue weighted by molar-refractivity contribution is 0.0912. The Labute approximate surface area is 152 Å². The number of benzene rings is 1. The molecule has 1 aliphatic heterocycles. The summed E-state index contributed by atoms with van der Waals surface area (Å²) in [5.74, 6) is -0.180. The van der Waals surface area contributed by atoms with Gasteiger partial charge in [0.15, 0.2) is 0 Å². The van der Waals surface area contributed by atoms with Crippen LogP contribution in [0.3, 0.4) is 0 Å². The first-order chi connectivity index (χ1) is 12.2. The lowest BCUT2D eigenvalue weighted by Gasteiger charge is -2.31. The Balaban J connectivity index is 1.53. The van der Waals surface area contributed by atoms with Crippen LogP contribution >= 0.6 is 11.3 Å². The van der Waals surface area contributed by atoms with E-state index in [4.69, 9.17) is 0 Å². The fourth-order valence-corrected chi connectivity index (χ4v) is 3.59. The van der Waals surface area contributed by atoms with Gasteiger partial charge in [0.25, 0.3) is 11.8 Å². The van der Waals surface area contributed by atoms with Gasteiger partial charge in [-0.1, -0.05) is 13.0 Å². The molecule has 1 aliphatic rings. The van der Waals surface area contributed by atoms with Gasteiger partial charge in [0.1, 0.15) is 0 Å². The summed E-state index contributed by atoms with van der Waals surface area (Å²) in [6, 6.07) is 10.9. The molecule has 0 saturated carbocycles. The fourth-order valence-electron chi connectivity index (χ4n) is 2.97. The highest BCUT2D eigenvalue weighted by molar-refractivity contribution is 7.12. The molecular weight excluding hydrogens is 334 g/mol. The van der Waals surface area contributed by atoms with Crippen LogP contribution in [0, 0.1) is 0 Å². The lowest BCUT2D eigenvalue weighted by Crippen LogP contribution is -2.44. The topological polar surface area (TPSA) is 61.4 Å². The highest BCUT2D eigenvalue weighted by atomic mass is 32.1. The summed E-state index contributed by atoms with van der Waals surface area (Å²) in [6.45, 7) is 5.31. The molecule has 0 unspecified atom stereocenters. The number of thiophene rings is 1. The Hall–Kier alpha value is -2.18. The summed E-state index contributed by atoms with van der Waals surface area (Å²) in [6.07, 6.45) is 1.99. The summed E-state index contributed by atoms with van der Waals surface area (Å²) in [7, 11) is 0. The molecule has 132 valence electrons. The maximum absolute atomic E-state index is 12.4. The molecule has 1 aromatic heterocycles. The Kier molecular flexibility index (Phi) is 5.83. The Morgan fingerprint density at radius 3 is 2.44 bits per heavy atom. The summed E-state index contributed by atoms with van der Waals surface area (Å²) in [4.78, 5) is 27.5. The molecule has 3 rings (SSSR count). The van der Waals surface area contributed by atoms with Gasteiger partial charge in [-0.15, -0.1) is 11.3 Å². The molecule has 6 heteroatoms. The Morgan fingerprint density at radius 1 is 1.12 bits per heavy atom. The highest BCUT2D eigenvalue weighted by Crippen LogP contribution is 2.15. The van der Waals surface area contributed by atoms with Crippen LogP contribution in [0.2, 0.25) is 0 Å². The van der Waals surface area contributed by atoms with Gasteiger partial charge in [-0.25, -0.2) is 0 Å². The van der Waals surface area contributed by atoms with E-state index < -0.39 is 0 Å². The molecule has 0 spiro atoms. The monoisotopic (exact) mass is 357 g/mol. The van der Waals surface area contributed by atoms with Gasteiger partial charge < -0.3 is 15.5 Å². The van der Waals surface area contributed by atoms with Crippen LogP contribution in [0.4, 0.5) is 5.69 Å². The number of likely N-dealkylation sites (tertiary alicyclic amines) is 1. The first kappa shape index (κ1) is 17.6. The zero-order valence-corrected chi connectivity index (χ0v) is 15.1. The van der Waals surface area contributed by atoms with Crippen molar-refractivity contribution in [2.24, 2.45) is 0 Å². The van der Waals surface area contributed by atoms with Crippen molar-refractivity contribution in [2.45, 2.75) is 25.8 Å². The third kappa shape index (κ3) is 4.67. The maximum atomic E-state index is 12.4. The van der Waals surface area contributed by atoms with E-state index in [0.717, 1.165) is 32.5 Å². The van der Waals surface area contributed by atoms with Gasteiger partial charge in [0.2, 0.25) is 0 Å². The van der Waals surface area contributed by atoms with E-state index in [1.165, 1.54) is 11.3 Å². The van der Waals surface area contributed by atoms with Gasteiger partial charge >= 0.3 is 0 Å². The van der Waals surface area contributed by atoms with Crippen LogP contribution < -0.4 is 10.6 Å². The summed E-state index contributed by atoms with van der Waals surface area (Å²) < 4.78 is 0. The van der Waals surface area contributed by atoms with Gasteiger partial charge in [0, 0.05) is 30.4 Å². The molecule has 2 aromatic rings. The van der Waals surface area contributed by atoms with Crippen LogP contribution in [-0.2, 0) is 0 Å². The van der Waals surface area contributed by atoms with Crippen molar-refractivity contribution in [2.75, 3.05) is 25.0 Å². The molecule has 1 aromatic carbocycles. The zero-order valence-electron chi connectivity index (χ0n) is 14.3. The van der Waals surface area contributed by atoms with E-state index in [1.807, 2.05) is 11.4 Å². The van der Waals surface area contributed by atoms with E-state index in [0.29, 0.717) is 16.1 Å². The predicted molar refractivity (Wildman–Crippen MR) is 101 cm³/mol. The van der Waals surface area contributed by atoms with Crippen molar-refractivity contribution >= 4 is 28.8 Å². The van der Waals surface area contributed by atoms with Crippen molar-refractivity contribution in [3.8, 4) is 0 Å². The van der Waals surface area contributed by atoms with Crippen molar-refractivity contribution < 1.29 is 9.59 Å². The molecule has 1 fully saturated rings. The van der Waals surface area contributed by atoms with E-state index >= 15 is 0 Å². The first-order valence-electron chi connectivity index (χ1n) is 8.64. The first-order valence-corrected chi connectivity index (χ1v) is 9.52. The summed E-state index contributed by atoms with van der Waals surface area (Å²) in [5, 5.41) is 7.82. The standard InChI is InChI=1S/C19H23N3O2S/c1-2-22-11-9-16(10-12-22)20-18(23)14-5-7-15(8-6-14)21-19(24)17-4-3-13-25-17/h3-8,13,16H,2,9-12H2,1H3,(H,20,23)(H,21,24). The molecule has 0 bridgehead atoms. The third-order valence-corrected chi connectivity index (χ3v) is 5.39. The van der Waals surface area contributed by atoms with Crippen LogP contribution in [-0.4, -0.2) is 42.4 Å². The quantitative estimate of drug-likeness (QED) is 0.864. The van der Waals surface area contributed by atoms with Gasteiger partial charge in [0.05, 0.1) is 4.88 Å². The third-order valence-electron chi connectivity index (χ3n) is 4.52. The molecular formula is C19H23N3O2S. The van der Waals surface area contributed by atoms with E-state index in [2.05, 4.69) is 22.5 Å². The van der Waals surface area contributed by atoms with Gasteiger partial charge in [-0.2, -0.15) is 0 Å². The molecule has 5 nitrogen and oxygen atoms in total. The highest BCUT2D eigenvalue weighted by Gasteiger charge is 2.20. The van der Waals surface area contributed by atoms with E-state index in [9.17, 15) is 9.59 Å². The average Bonchev–Trinajstić information content (AvgIpc) is 3.18. The molecule has 2 amide bonds. The molecule has 0 radical (unpaired) electrons.